The smallest absolute Gasteiger partial charge is 0.239 e. The summed E-state index contributed by atoms with van der Waals surface area (Å²) in [6.07, 6.45) is 5.21. The van der Waals surface area contributed by atoms with E-state index in [-0.39, 0.29) is 11.8 Å². The number of allylic oxidation sites excluding steroid dienone is 2. The van der Waals surface area contributed by atoms with E-state index in [1.807, 2.05) is 31.2 Å². The highest BCUT2D eigenvalue weighted by Gasteiger charge is 2.04. The molecule has 0 fully saturated rings. The van der Waals surface area contributed by atoms with Crippen molar-refractivity contribution in [3.63, 3.8) is 0 Å². The van der Waals surface area contributed by atoms with Crippen molar-refractivity contribution in [3.05, 3.63) is 72.0 Å². The van der Waals surface area contributed by atoms with E-state index in [1.165, 1.54) is 0 Å². The van der Waals surface area contributed by atoms with Crippen LogP contribution in [-0.2, 0) is 4.79 Å². The van der Waals surface area contributed by atoms with E-state index in [0.717, 1.165) is 16.9 Å². The fraction of sp³-hybridized carbons (Fsp3) is 0.100. The van der Waals surface area contributed by atoms with Gasteiger partial charge in [0.05, 0.1) is 17.9 Å². The Kier molecular flexibility index (Phi) is 6.82. The number of rotatable bonds is 6. The highest BCUT2D eigenvalue weighted by atomic mass is 35.5. The molecule has 2 aromatic carbocycles. The number of ether oxygens (including phenoxy) is 1. The molecule has 0 aliphatic rings. The summed E-state index contributed by atoms with van der Waals surface area (Å²) in [6.45, 7) is 1.88. The molecule has 126 valence electrons. The van der Waals surface area contributed by atoms with Gasteiger partial charge in [0.2, 0.25) is 5.91 Å². The zero-order valence-electron chi connectivity index (χ0n) is 13.7. The molecule has 1 N–H and O–H groups in total. The second-order valence-electron chi connectivity index (χ2n) is 5.09. The van der Waals surface area contributed by atoms with E-state index in [0.29, 0.717) is 11.3 Å². The number of anilines is 1. The normalized spacial score (nSPS) is 11.2. The van der Waals surface area contributed by atoms with Gasteiger partial charge in [0, 0.05) is 5.69 Å². The summed E-state index contributed by atoms with van der Waals surface area (Å²) in [5.41, 5.74) is 2.82. The number of hydrogen-bond donors (Lipinski definition) is 1. The largest absolute Gasteiger partial charge is 0.465 e. The van der Waals surface area contributed by atoms with Crippen LogP contribution in [0, 0.1) is 11.3 Å². The van der Waals surface area contributed by atoms with Gasteiger partial charge in [0.25, 0.3) is 0 Å². The number of halogens is 1. The van der Waals surface area contributed by atoms with E-state index in [4.69, 9.17) is 16.3 Å². The highest BCUT2D eigenvalue weighted by Crippen LogP contribution is 2.21. The number of carbonyl (C=O) groups excluding carboxylic acids is 1. The van der Waals surface area contributed by atoms with Crippen LogP contribution in [0.3, 0.4) is 0 Å². The maximum Gasteiger partial charge on any atom is 0.239 e. The molecule has 0 unspecified atom stereocenters. The Morgan fingerprint density at radius 1 is 1.20 bits per heavy atom. The summed E-state index contributed by atoms with van der Waals surface area (Å²) in [5, 5.41) is 12.1. The summed E-state index contributed by atoms with van der Waals surface area (Å²) in [7, 11) is 0. The van der Waals surface area contributed by atoms with Crippen molar-refractivity contribution >= 4 is 34.8 Å². The number of carbonyl (C=O) groups is 1. The first-order valence-electron chi connectivity index (χ1n) is 7.62. The van der Waals surface area contributed by atoms with Gasteiger partial charge < -0.3 is 10.1 Å². The van der Waals surface area contributed by atoms with E-state index in [2.05, 4.69) is 11.4 Å². The van der Waals surface area contributed by atoms with Gasteiger partial charge in [0.15, 0.2) is 0 Å². The minimum absolute atomic E-state index is 0.0984. The Morgan fingerprint density at radius 3 is 2.44 bits per heavy atom. The molecule has 0 bridgehead atoms. The first-order chi connectivity index (χ1) is 12.2. The fourth-order valence-electron chi connectivity index (χ4n) is 2.06. The molecule has 1 amide bonds. The van der Waals surface area contributed by atoms with Gasteiger partial charge in [-0.2, -0.15) is 5.26 Å². The lowest BCUT2D eigenvalue weighted by Gasteiger charge is -2.05. The Labute approximate surface area is 152 Å². The Balaban J connectivity index is 2.17. The van der Waals surface area contributed by atoms with Gasteiger partial charge >= 0.3 is 0 Å². The maximum atomic E-state index is 11.3. The minimum atomic E-state index is -0.273. The number of nitriles is 1. The average molecular weight is 353 g/mol. The summed E-state index contributed by atoms with van der Waals surface area (Å²) in [6, 6.07) is 16.7. The lowest BCUT2D eigenvalue weighted by molar-refractivity contribution is -0.113. The predicted octanol–water partition coefficient (Wildman–Crippen LogP) is 4.84. The summed E-state index contributed by atoms with van der Waals surface area (Å²) < 4.78 is 5.37. The van der Waals surface area contributed by atoms with Gasteiger partial charge in [-0.15, -0.1) is 11.6 Å². The Hall–Kier alpha value is -3.03. The topological polar surface area (TPSA) is 62.1 Å². The molecule has 0 atom stereocenters. The second-order valence-corrected chi connectivity index (χ2v) is 5.35. The zero-order valence-corrected chi connectivity index (χ0v) is 14.5. The van der Waals surface area contributed by atoms with Crippen LogP contribution in [0.2, 0.25) is 0 Å². The van der Waals surface area contributed by atoms with Crippen LogP contribution in [0.1, 0.15) is 18.1 Å². The highest BCUT2D eigenvalue weighted by molar-refractivity contribution is 6.29. The standard InChI is InChI=1S/C20H17ClN2O2/c1-2-11-25-19-9-3-15(4-10-19)12-17(14-22)16-5-7-18(8-6-16)23-20(24)13-21/h2-12H,13H2,1H3,(H,23,24)/b11-2-,17-12+. The average Bonchev–Trinajstić information content (AvgIpc) is 2.66. The number of alkyl halides is 1. The van der Waals surface area contributed by atoms with Gasteiger partial charge in [-0.05, 0) is 48.4 Å². The Morgan fingerprint density at radius 2 is 1.88 bits per heavy atom. The molecule has 0 aliphatic carbocycles. The molecule has 5 heteroatoms. The SMILES string of the molecule is C/C=C\Oc1ccc(/C=C(\C#N)c2ccc(NC(=O)CCl)cc2)cc1. The second kappa shape index (κ2) is 9.31. The fourth-order valence-corrected chi connectivity index (χ4v) is 2.13. The van der Waals surface area contributed by atoms with E-state index < -0.39 is 0 Å². The molecule has 2 rings (SSSR count). The van der Waals surface area contributed by atoms with Crippen LogP contribution in [0.5, 0.6) is 5.75 Å². The quantitative estimate of drug-likeness (QED) is 0.350. The van der Waals surface area contributed by atoms with Crippen molar-refractivity contribution < 1.29 is 9.53 Å². The number of hydrogen-bond acceptors (Lipinski definition) is 3. The lowest BCUT2D eigenvalue weighted by atomic mass is 10.0. The van der Waals surface area contributed by atoms with Crippen molar-refractivity contribution in [2.75, 3.05) is 11.2 Å². The van der Waals surface area contributed by atoms with Crippen molar-refractivity contribution in [1.82, 2.24) is 0 Å². The molecule has 0 spiro atoms. The van der Waals surface area contributed by atoms with Gasteiger partial charge in [-0.1, -0.05) is 30.3 Å². The van der Waals surface area contributed by atoms with Crippen LogP contribution in [-0.4, -0.2) is 11.8 Å². The molecule has 0 saturated carbocycles. The number of amides is 1. The Bertz CT molecular complexity index is 816. The molecule has 25 heavy (non-hydrogen) atoms. The van der Waals surface area contributed by atoms with Gasteiger partial charge in [-0.3, -0.25) is 4.79 Å². The first kappa shape index (κ1) is 18.3. The lowest BCUT2D eigenvalue weighted by Crippen LogP contribution is -2.12. The van der Waals surface area contributed by atoms with Gasteiger partial charge in [-0.25, -0.2) is 0 Å². The van der Waals surface area contributed by atoms with Crippen molar-refractivity contribution in [2.45, 2.75) is 6.92 Å². The van der Waals surface area contributed by atoms with Crippen LogP contribution in [0.4, 0.5) is 5.69 Å². The first-order valence-corrected chi connectivity index (χ1v) is 8.15. The number of benzene rings is 2. The molecule has 0 aromatic heterocycles. The maximum absolute atomic E-state index is 11.3. The predicted molar refractivity (Wildman–Crippen MR) is 101 cm³/mol. The number of nitrogens with one attached hydrogen (secondary N) is 1. The van der Waals surface area contributed by atoms with E-state index in [1.54, 1.807) is 42.7 Å². The molecule has 4 nitrogen and oxygen atoms in total. The zero-order chi connectivity index (χ0) is 18.1. The third kappa shape index (κ3) is 5.52. The molecule has 0 aliphatic heterocycles. The third-order valence-electron chi connectivity index (χ3n) is 3.25. The van der Waals surface area contributed by atoms with Crippen LogP contribution < -0.4 is 10.1 Å². The summed E-state index contributed by atoms with van der Waals surface area (Å²) in [5.74, 6) is 0.359. The van der Waals surface area contributed by atoms with Crippen molar-refractivity contribution in [1.29, 1.82) is 5.26 Å². The van der Waals surface area contributed by atoms with Crippen LogP contribution in [0.25, 0.3) is 11.6 Å². The molecule has 0 saturated heterocycles. The number of nitrogens with zero attached hydrogens (tertiary/aromatic N) is 1. The molecule has 2 aromatic rings. The summed E-state index contributed by atoms with van der Waals surface area (Å²) in [4.78, 5) is 11.3. The third-order valence-corrected chi connectivity index (χ3v) is 3.50. The van der Waals surface area contributed by atoms with Gasteiger partial charge in [0.1, 0.15) is 11.6 Å². The molecular formula is C20H17ClN2O2. The van der Waals surface area contributed by atoms with Crippen molar-refractivity contribution in [2.24, 2.45) is 0 Å². The monoisotopic (exact) mass is 352 g/mol. The minimum Gasteiger partial charge on any atom is -0.465 e. The molecule has 0 radical (unpaired) electrons. The van der Waals surface area contributed by atoms with Crippen LogP contribution >= 0.6 is 11.6 Å². The van der Waals surface area contributed by atoms with Crippen molar-refractivity contribution in [3.8, 4) is 11.8 Å². The molecular weight excluding hydrogens is 336 g/mol. The molecule has 0 heterocycles. The van der Waals surface area contributed by atoms with E-state index in [9.17, 15) is 10.1 Å². The van der Waals surface area contributed by atoms with Crippen LogP contribution in [0.15, 0.2) is 60.9 Å². The summed E-state index contributed by atoms with van der Waals surface area (Å²) >= 11 is 5.46. The van der Waals surface area contributed by atoms with E-state index >= 15 is 0 Å².